The molecule has 0 saturated heterocycles. The van der Waals surface area contributed by atoms with Crippen molar-refractivity contribution in [2.24, 2.45) is 0 Å². The molecule has 0 heterocycles. The topological polar surface area (TPSA) is 87.7 Å². The van der Waals surface area contributed by atoms with Crippen molar-refractivity contribution in [3.05, 3.63) is 35.9 Å². The first kappa shape index (κ1) is 15.0. The third-order valence-electron chi connectivity index (χ3n) is 2.35. The monoisotopic (exact) mass is 266 g/mol. The summed E-state index contributed by atoms with van der Waals surface area (Å²) < 4.78 is 4.97. The molecule has 19 heavy (non-hydrogen) atoms. The SMILES string of the molecule is C[C@H](NC(=O)OCc1ccccc1)C(=O)NCCO. The lowest BCUT2D eigenvalue weighted by atomic mass is 10.2. The van der Waals surface area contributed by atoms with Crippen molar-refractivity contribution in [3.8, 4) is 0 Å². The fourth-order valence-electron chi connectivity index (χ4n) is 1.34. The Morgan fingerprint density at radius 2 is 2.00 bits per heavy atom. The van der Waals surface area contributed by atoms with Gasteiger partial charge in [-0.2, -0.15) is 0 Å². The molecule has 0 saturated carbocycles. The number of benzene rings is 1. The molecule has 0 fully saturated rings. The Morgan fingerprint density at radius 3 is 2.63 bits per heavy atom. The van der Waals surface area contributed by atoms with Gasteiger partial charge in [-0.1, -0.05) is 30.3 Å². The molecular formula is C13H18N2O4. The highest BCUT2D eigenvalue weighted by Gasteiger charge is 2.15. The molecule has 0 aliphatic rings. The number of carbonyl (C=O) groups excluding carboxylic acids is 2. The van der Waals surface area contributed by atoms with Crippen molar-refractivity contribution >= 4 is 12.0 Å². The van der Waals surface area contributed by atoms with Crippen LogP contribution in [0.4, 0.5) is 4.79 Å². The fourth-order valence-corrected chi connectivity index (χ4v) is 1.34. The van der Waals surface area contributed by atoms with Crippen LogP contribution in [0.25, 0.3) is 0 Å². The zero-order valence-electron chi connectivity index (χ0n) is 10.8. The maximum atomic E-state index is 11.4. The van der Waals surface area contributed by atoms with E-state index in [-0.39, 0.29) is 25.7 Å². The third kappa shape index (κ3) is 5.87. The summed E-state index contributed by atoms with van der Waals surface area (Å²) in [4.78, 5) is 22.9. The van der Waals surface area contributed by atoms with E-state index in [2.05, 4.69) is 10.6 Å². The first-order valence-corrected chi connectivity index (χ1v) is 5.99. The fraction of sp³-hybridized carbons (Fsp3) is 0.385. The quantitative estimate of drug-likeness (QED) is 0.696. The van der Waals surface area contributed by atoms with Crippen LogP contribution >= 0.6 is 0 Å². The summed E-state index contributed by atoms with van der Waals surface area (Å²) in [6, 6.07) is 8.53. The zero-order chi connectivity index (χ0) is 14.1. The molecular weight excluding hydrogens is 248 g/mol. The Balaban J connectivity index is 2.29. The molecule has 3 N–H and O–H groups in total. The van der Waals surface area contributed by atoms with Crippen LogP contribution in [-0.2, 0) is 16.1 Å². The van der Waals surface area contributed by atoms with E-state index in [1.807, 2.05) is 30.3 Å². The summed E-state index contributed by atoms with van der Waals surface area (Å²) in [5.41, 5.74) is 0.870. The predicted octanol–water partition coefficient (Wildman–Crippen LogP) is 0.410. The van der Waals surface area contributed by atoms with Crippen LogP contribution < -0.4 is 10.6 Å². The van der Waals surface area contributed by atoms with Gasteiger partial charge in [0.25, 0.3) is 0 Å². The van der Waals surface area contributed by atoms with Crippen LogP contribution in [0.3, 0.4) is 0 Å². The Morgan fingerprint density at radius 1 is 1.32 bits per heavy atom. The van der Waals surface area contributed by atoms with Crippen LogP contribution in [0.5, 0.6) is 0 Å². The summed E-state index contributed by atoms with van der Waals surface area (Å²) in [7, 11) is 0. The summed E-state index contributed by atoms with van der Waals surface area (Å²) in [6.07, 6.45) is -0.657. The maximum Gasteiger partial charge on any atom is 0.408 e. The molecule has 0 aliphatic heterocycles. The summed E-state index contributed by atoms with van der Waals surface area (Å²) in [6.45, 7) is 1.70. The van der Waals surface area contributed by atoms with E-state index in [0.717, 1.165) is 5.56 Å². The molecule has 0 unspecified atom stereocenters. The molecule has 1 aromatic rings. The van der Waals surface area contributed by atoms with E-state index < -0.39 is 12.1 Å². The predicted molar refractivity (Wildman–Crippen MR) is 69.3 cm³/mol. The van der Waals surface area contributed by atoms with E-state index >= 15 is 0 Å². The maximum absolute atomic E-state index is 11.4. The number of nitrogens with one attached hydrogen (secondary N) is 2. The number of aliphatic hydroxyl groups excluding tert-OH is 1. The minimum atomic E-state index is -0.713. The van der Waals surface area contributed by atoms with Gasteiger partial charge in [-0.05, 0) is 12.5 Å². The van der Waals surface area contributed by atoms with Gasteiger partial charge < -0.3 is 20.5 Å². The Labute approximate surface area is 111 Å². The highest BCUT2D eigenvalue weighted by Crippen LogP contribution is 2.00. The molecule has 0 aromatic heterocycles. The third-order valence-corrected chi connectivity index (χ3v) is 2.35. The molecule has 6 nitrogen and oxygen atoms in total. The van der Waals surface area contributed by atoms with Gasteiger partial charge in [-0.3, -0.25) is 4.79 Å². The Hall–Kier alpha value is -2.08. The summed E-state index contributed by atoms with van der Waals surface area (Å²) >= 11 is 0. The van der Waals surface area contributed by atoms with Crippen molar-refractivity contribution in [2.75, 3.05) is 13.2 Å². The lowest BCUT2D eigenvalue weighted by Crippen LogP contribution is -2.45. The van der Waals surface area contributed by atoms with Gasteiger partial charge in [-0.15, -0.1) is 0 Å². The number of aliphatic hydroxyl groups is 1. The van der Waals surface area contributed by atoms with E-state index in [9.17, 15) is 9.59 Å². The molecule has 0 spiro atoms. The Bertz CT molecular complexity index is 408. The second-order valence-electron chi connectivity index (χ2n) is 3.94. The number of hydrogen-bond donors (Lipinski definition) is 3. The molecule has 0 radical (unpaired) electrons. The number of rotatable bonds is 6. The second kappa shape index (κ2) is 8.10. The van der Waals surface area contributed by atoms with Crippen molar-refractivity contribution < 1.29 is 19.4 Å². The van der Waals surface area contributed by atoms with Gasteiger partial charge in [0.05, 0.1) is 6.61 Å². The molecule has 104 valence electrons. The zero-order valence-corrected chi connectivity index (χ0v) is 10.8. The van der Waals surface area contributed by atoms with E-state index in [1.54, 1.807) is 0 Å². The smallest absolute Gasteiger partial charge is 0.408 e. The second-order valence-corrected chi connectivity index (χ2v) is 3.94. The van der Waals surface area contributed by atoms with Gasteiger partial charge >= 0.3 is 6.09 Å². The van der Waals surface area contributed by atoms with E-state index in [4.69, 9.17) is 9.84 Å². The van der Waals surface area contributed by atoms with Gasteiger partial charge in [0.2, 0.25) is 5.91 Å². The molecule has 2 amide bonds. The number of hydrogen-bond acceptors (Lipinski definition) is 4. The Kier molecular flexibility index (Phi) is 6.38. The van der Waals surface area contributed by atoms with Crippen LogP contribution in [0.2, 0.25) is 0 Å². The van der Waals surface area contributed by atoms with Crippen molar-refractivity contribution in [1.82, 2.24) is 10.6 Å². The largest absolute Gasteiger partial charge is 0.445 e. The number of carbonyl (C=O) groups is 2. The van der Waals surface area contributed by atoms with Crippen molar-refractivity contribution in [3.63, 3.8) is 0 Å². The van der Waals surface area contributed by atoms with Crippen LogP contribution in [0.15, 0.2) is 30.3 Å². The minimum absolute atomic E-state index is 0.142. The highest BCUT2D eigenvalue weighted by atomic mass is 16.5. The number of amides is 2. The van der Waals surface area contributed by atoms with Crippen molar-refractivity contribution in [1.29, 1.82) is 0 Å². The average molecular weight is 266 g/mol. The van der Waals surface area contributed by atoms with E-state index in [0.29, 0.717) is 0 Å². The van der Waals surface area contributed by atoms with E-state index in [1.165, 1.54) is 6.92 Å². The summed E-state index contributed by atoms with van der Waals surface area (Å²) in [5, 5.41) is 13.4. The standard InChI is InChI=1S/C13H18N2O4/c1-10(12(17)14-7-8-16)15-13(18)19-9-11-5-3-2-4-6-11/h2-6,10,16H,7-9H2,1H3,(H,14,17)(H,15,18)/t10-/m0/s1. The molecule has 6 heteroatoms. The highest BCUT2D eigenvalue weighted by molar-refractivity contribution is 5.85. The van der Waals surface area contributed by atoms with Crippen LogP contribution in [0, 0.1) is 0 Å². The molecule has 1 atom stereocenters. The van der Waals surface area contributed by atoms with Gasteiger partial charge in [0.15, 0.2) is 0 Å². The minimum Gasteiger partial charge on any atom is -0.445 e. The first-order chi connectivity index (χ1) is 9.13. The molecule has 0 bridgehead atoms. The summed E-state index contributed by atoms with van der Waals surface area (Å²) in [5.74, 6) is -0.370. The van der Waals surface area contributed by atoms with Crippen LogP contribution in [0.1, 0.15) is 12.5 Å². The van der Waals surface area contributed by atoms with Gasteiger partial charge in [0, 0.05) is 6.54 Å². The molecule has 1 aromatic carbocycles. The van der Waals surface area contributed by atoms with Gasteiger partial charge in [0.1, 0.15) is 12.6 Å². The van der Waals surface area contributed by atoms with Gasteiger partial charge in [-0.25, -0.2) is 4.79 Å². The molecule has 1 rings (SSSR count). The van der Waals surface area contributed by atoms with Crippen LogP contribution in [-0.4, -0.2) is 36.3 Å². The first-order valence-electron chi connectivity index (χ1n) is 5.99. The molecule has 0 aliphatic carbocycles. The number of ether oxygens (including phenoxy) is 1. The normalized spacial score (nSPS) is 11.5. The number of alkyl carbamates (subject to hydrolysis) is 1. The van der Waals surface area contributed by atoms with Crippen molar-refractivity contribution in [2.45, 2.75) is 19.6 Å². The lowest BCUT2D eigenvalue weighted by molar-refractivity contribution is -0.122. The lowest BCUT2D eigenvalue weighted by Gasteiger charge is -2.13. The average Bonchev–Trinajstić information content (AvgIpc) is 2.43.